The van der Waals surface area contributed by atoms with Gasteiger partial charge in [-0.2, -0.15) is 0 Å². The fourth-order valence-electron chi connectivity index (χ4n) is 1.86. The Balaban J connectivity index is 2.18. The molecule has 0 aromatic carbocycles. The molecule has 0 amide bonds. The second-order valence-electron chi connectivity index (χ2n) is 3.57. The fraction of sp³-hybridized carbons (Fsp3) is 0.800. The van der Waals surface area contributed by atoms with E-state index >= 15 is 0 Å². The Kier molecular flexibility index (Phi) is 4.50. The van der Waals surface area contributed by atoms with Gasteiger partial charge in [-0.1, -0.05) is 28.7 Å². The second-order valence-corrected chi connectivity index (χ2v) is 4.45. The lowest BCUT2D eigenvalue weighted by atomic mass is 9.81. The van der Waals surface area contributed by atoms with Gasteiger partial charge in [0.1, 0.15) is 0 Å². The molecule has 0 atom stereocenters. The lowest BCUT2D eigenvalue weighted by molar-refractivity contribution is 0.298. The first-order chi connectivity index (χ1) is 5.36. The average Bonchev–Trinajstić information content (AvgIpc) is 2.07. The average molecular weight is 264 g/mol. The topological polar surface area (TPSA) is 0 Å². The predicted octanol–water partition coefficient (Wildman–Crippen LogP) is 3.80. The summed E-state index contributed by atoms with van der Waals surface area (Å²) in [5, 5.41) is 0. The molecule has 0 radical (unpaired) electrons. The molecule has 0 bridgehead atoms. The van der Waals surface area contributed by atoms with Crippen LogP contribution in [0.4, 0.5) is 0 Å². The van der Waals surface area contributed by atoms with Crippen molar-refractivity contribution in [3.05, 3.63) is 12.7 Å². The summed E-state index contributed by atoms with van der Waals surface area (Å²) in [6.45, 7) is 3.79. The SMILES string of the molecule is C=CCC1CCC(CI)CC1. The van der Waals surface area contributed by atoms with Gasteiger partial charge in [0.25, 0.3) is 0 Å². The van der Waals surface area contributed by atoms with Gasteiger partial charge >= 0.3 is 0 Å². The largest absolute Gasteiger partial charge is 0.103 e. The quantitative estimate of drug-likeness (QED) is 0.413. The summed E-state index contributed by atoms with van der Waals surface area (Å²) in [7, 11) is 0. The van der Waals surface area contributed by atoms with Crippen molar-refractivity contribution >= 4 is 22.6 Å². The lowest BCUT2D eigenvalue weighted by Crippen LogP contribution is -2.14. The van der Waals surface area contributed by atoms with Crippen LogP contribution < -0.4 is 0 Å². The number of hydrogen-bond donors (Lipinski definition) is 0. The van der Waals surface area contributed by atoms with Crippen LogP contribution in [0.2, 0.25) is 0 Å². The zero-order valence-electron chi connectivity index (χ0n) is 7.06. The van der Waals surface area contributed by atoms with Crippen LogP contribution in [0.1, 0.15) is 32.1 Å². The van der Waals surface area contributed by atoms with Crippen LogP contribution in [0.25, 0.3) is 0 Å². The van der Waals surface area contributed by atoms with E-state index in [0.717, 1.165) is 11.8 Å². The Morgan fingerprint density at radius 3 is 2.18 bits per heavy atom. The Morgan fingerprint density at radius 1 is 1.18 bits per heavy atom. The minimum absolute atomic E-state index is 0.965. The Labute approximate surface area is 83.6 Å². The van der Waals surface area contributed by atoms with Crippen LogP contribution in [-0.2, 0) is 0 Å². The van der Waals surface area contributed by atoms with Crippen molar-refractivity contribution in [3.63, 3.8) is 0 Å². The summed E-state index contributed by atoms with van der Waals surface area (Å²) < 4.78 is 1.36. The van der Waals surface area contributed by atoms with E-state index in [1.165, 1.54) is 36.5 Å². The van der Waals surface area contributed by atoms with E-state index in [1.807, 2.05) is 0 Å². The highest BCUT2D eigenvalue weighted by molar-refractivity contribution is 14.1. The molecule has 1 aliphatic rings. The molecule has 64 valence electrons. The Morgan fingerprint density at radius 2 is 1.73 bits per heavy atom. The first kappa shape index (κ1) is 9.56. The Bertz CT molecular complexity index is 112. The number of rotatable bonds is 3. The maximum atomic E-state index is 3.79. The molecule has 1 saturated carbocycles. The van der Waals surface area contributed by atoms with E-state index in [9.17, 15) is 0 Å². The molecule has 0 spiro atoms. The van der Waals surface area contributed by atoms with Gasteiger partial charge in [0.2, 0.25) is 0 Å². The summed E-state index contributed by atoms with van der Waals surface area (Å²) in [5.41, 5.74) is 0. The summed E-state index contributed by atoms with van der Waals surface area (Å²) in [5.74, 6) is 1.99. The van der Waals surface area contributed by atoms with Gasteiger partial charge in [-0.15, -0.1) is 6.58 Å². The standard InChI is InChI=1S/C10H17I/c1-2-3-9-4-6-10(8-11)7-5-9/h2,9-10H,1,3-8H2. The van der Waals surface area contributed by atoms with Crippen molar-refractivity contribution in [2.45, 2.75) is 32.1 Å². The molecule has 0 aliphatic heterocycles. The van der Waals surface area contributed by atoms with Crippen LogP contribution in [0.3, 0.4) is 0 Å². The van der Waals surface area contributed by atoms with Crippen molar-refractivity contribution < 1.29 is 0 Å². The molecule has 1 fully saturated rings. The van der Waals surface area contributed by atoms with Crippen molar-refractivity contribution in [2.75, 3.05) is 4.43 Å². The van der Waals surface area contributed by atoms with Crippen molar-refractivity contribution in [3.8, 4) is 0 Å². The lowest BCUT2D eigenvalue weighted by Gasteiger charge is -2.26. The van der Waals surface area contributed by atoms with Crippen molar-refractivity contribution in [1.82, 2.24) is 0 Å². The van der Waals surface area contributed by atoms with E-state index in [4.69, 9.17) is 0 Å². The van der Waals surface area contributed by atoms with Crippen LogP contribution in [-0.4, -0.2) is 4.43 Å². The molecule has 0 saturated heterocycles. The smallest absolute Gasteiger partial charge is 0.00237 e. The summed E-state index contributed by atoms with van der Waals surface area (Å²) in [6.07, 6.45) is 9.13. The zero-order chi connectivity index (χ0) is 8.10. The molecule has 1 heteroatoms. The molecule has 1 rings (SSSR count). The van der Waals surface area contributed by atoms with Crippen LogP contribution >= 0.6 is 22.6 Å². The van der Waals surface area contributed by atoms with E-state index < -0.39 is 0 Å². The van der Waals surface area contributed by atoms with E-state index in [0.29, 0.717) is 0 Å². The van der Waals surface area contributed by atoms with Gasteiger partial charge in [0.05, 0.1) is 0 Å². The van der Waals surface area contributed by atoms with Gasteiger partial charge in [-0.05, 0) is 43.9 Å². The van der Waals surface area contributed by atoms with Gasteiger partial charge in [0.15, 0.2) is 0 Å². The molecular formula is C10H17I. The monoisotopic (exact) mass is 264 g/mol. The molecule has 11 heavy (non-hydrogen) atoms. The van der Waals surface area contributed by atoms with E-state index in [2.05, 4.69) is 35.2 Å². The van der Waals surface area contributed by atoms with Crippen molar-refractivity contribution in [2.24, 2.45) is 11.8 Å². The minimum Gasteiger partial charge on any atom is -0.103 e. The van der Waals surface area contributed by atoms with E-state index in [-0.39, 0.29) is 0 Å². The maximum Gasteiger partial charge on any atom is 0.00237 e. The minimum atomic E-state index is 0.965. The van der Waals surface area contributed by atoms with Gasteiger partial charge in [-0.25, -0.2) is 0 Å². The molecule has 0 nitrogen and oxygen atoms in total. The fourth-order valence-corrected chi connectivity index (χ4v) is 2.74. The molecule has 0 aromatic heterocycles. The molecule has 0 aromatic rings. The Hall–Kier alpha value is 0.470. The third-order valence-corrected chi connectivity index (χ3v) is 3.93. The molecule has 0 heterocycles. The zero-order valence-corrected chi connectivity index (χ0v) is 9.22. The molecule has 0 unspecified atom stereocenters. The summed E-state index contributed by atoms with van der Waals surface area (Å²) in [6, 6.07) is 0. The first-order valence-corrected chi connectivity index (χ1v) is 6.06. The predicted molar refractivity (Wildman–Crippen MR) is 59.1 cm³/mol. The van der Waals surface area contributed by atoms with Crippen molar-refractivity contribution in [1.29, 1.82) is 0 Å². The normalized spacial score (nSPS) is 31.7. The molecule has 1 aliphatic carbocycles. The number of alkyl halides is 1. The number of halogens is 1. The molecule has 0 N–H and O–H groups in total. The number of hydrogen-bond acceptors (Lipinski definition) is 0. The van der Waals surface area contributed by atoms with Gasteiger partial charge in [0, 0.05) is 4.43 Å². The third-order valence-electron chi connectivity index (χ3n) is 2.68. The molecular weight excluding hydrogens is 247 g/mol. The maximum absolute atomic E-state index is 3.79. The van der Waals surface area contributed by atoms with Gasteiger partial charge < -0.3 is 0 Å². The second kappa shape index (κ2) is 5.18. The highest BCUT2D eigenvalue weighted by Crippen LogP contribution is 2.31. The highest BCUT2D eigenvalue weighted by Gasteiger charge is 2.18. The summed E-state index contributed by atoms with van der Waals surface area (Å²) in [4.78, 5) is 0. The van der Waals surface area contributed by atoms with Gasteiger partial charge in [-0.3, -0.25) is 0 Å². The van der Waals surface area contributed by atoms with Crippen LogP contribution in [0.15, 0.2) is 12.7 Å². The highest BCUT2D eigenvalue weighted by atomic mass is 127. The third kappa shape index (κ3) is 3.14. The van der Waals surface area contributed by atoms with E-state index in [1.54, 1.807) is 0 Å². The van der Waals surface area contributed by atoms with Crippen LogP contribution in [0, 0.1) is 11.8 Å². The van der Waals surface area contributed by atoms with Crippen LogP contribution in [0.5, 0.6) is 0 Å². The number of allylic oxidation sites excluding steroid dienone is 1. The first-order valence-electron chi connectivity index (χ1n) is 4.53. The summed E-state index contributed by atoms with van der Waals surface area (Å²) >= 11 is 2.52.